The van der Waals surface area contributed by atoms with Crippen molar-refractivity contribution in [2.45, 2.75) is 52.4 Å². The Hall–Kier alpha value is -0.830. The molecule has 2 rings (SSSR count). The van der Waals surface area contributed by atoms with E-state index in [1.54, 1.807) is 0 Å². The fourth-order valence-electron chi connectivity index (χ4n) is 3.70. The molecule has 1 heterocycles. The highest BCUT2D eigenvalue weighted by molar-refractivity contribution is 5.04. The van der Waals surface area contributed by atoms with E-state index in [9.17, 15) is 0 Å². The standard InChI is InChI=1S/C17H31N3/c1-4-14-6-9-17(12-18-5-2)16(10-14)8-7-15-11-19-20(3)13-15/h11,13-14,16-18H,4-10,12H2,1-3H3. The van der Waals surface area contributed by atoms with Gasteiger partial charge in [-0.2, -0.15) is 5.10 Å². The Bertz CT molecular complexity index is 385. The second-order valence-corrected chi connectivity index (χ2v) is 6.48. The highest BCUT2D eigenvalue weighted by Gasteiger charge is 2.29. The van der Waals surface area contributed by atoms with Crippen molar-refractivity contribution in [3.63, 3.8) is 0 Å². The van der Waals surface area contributed by atoms with Gasteiger partial charge in [0.15, 0.2) is 0 Å². The van der Waals surface area contributed by atoms with Gasteiger partial charge < -0.3 is 5.32 Å². The Morgan fingerprint density at radius 3 is 2.80 bits per heavy atom. The Morgan fingerprint density at radius 1 is 1.30 bits per heavy atom. The molecule has 1 aromatic heterocycles. The van der Waals surface area contributed by atoms with Gasteiger partial charge in [0.1, 0.15) is 0 Å². The molecule has 0 amide bonds. The molecule has 3 atom stereocenters. The van der Waals surface area contributed by atoms with Crippen molar-refractivity contribution in [1.82, 2.24) is 15.1 Å². The highest BCUT2D eigenvalue weighted by atomic mass is 15.2. The zero-order chi connectivity index (χ0) is 14.4. The first-order valence-corrected chi connectivity index (χ1v) is 8.41. The maximum atomic E-state index is 4.28. The SMILES string of the molecule is CCNCC1CCC(CC)CC1CCc1cnn(C)c1. The van der Waals surface area contributed by atoms with Gasteiger partial charge in [-0.3, -0.25) is 4.68 Å². The molecule has 3 heteroatoms. The third kappa shape index (κ3) is 4.34. The Kier molecular flexibility index (Phi) is 6.08. The van der Waals surface area contributed by atoms with Crippen LogP contribution in [0.15, 0.2) is 12.4 Å². The first kappa shape index (κ1) is 15.6. The lowest BCUT2D eigenvalue weighted by molar-refractivity contribution is 0.164. The smallest absolute Gasteiger partial charge is 0.0521 e. The topological polar surface area (TPSA) is 29.9 Å². The van der Waals surface area contributed by atoms with Crippen molar-refractivity contribution in [3.8, 4) is 0 Å². The lowest BCUT2D eigenvalue weighted by Gasteiger charge is -2.36. The fraction of sp³-hybridized carbons (Fsp3) is 0.824. The summed E-state index contributed by atoms with van der Waals surface area (Å²) in [6.45, 7) is 6.88. The molecule has 0 aliphatic heterocycles. The minimum Gasteiger partial charge on any atom is -0.317 e. The number of nitrogens with one attached hydrogen (secondary N) is 1. The van der Waals surface area contributed by atoms with Crippen molar-refractivity contribution >= 4 is 0 Å². The molecule has 114 valence electrons. The van der Waals surface area contributed by atoms with E-state index in [0.717, 1.165) is 24.3 Å². The summed E-state index contributed by atoms with van der Waals surface area (Å²) < 4.78 is 1.92. The van der Waals surface area contributed by atoms with Crippen LogP contribution in [0.5, 0.6) is 0 Å². The predicted molar refractivity (Wildman–Crippen MR) is 84.7 cm³/mol. The number of aryl methyl sites for hydroxylation is 2. The van der Waals surface area contributed by atoms with Crippen molar-refractivity contribution in [2.24, 2.45) is 24.8 Å². The van der Waals surface area contributed by atoms with E-state index in [1.807, 2.05) is 17.9 Å². The van der Waals surface area contributed by atoms with Crippen LogP contribution in [0, 0.1) is 17.8 Å². The zero-order valence-corrected chi connectivity index (χ0v) is 13.4. The minimum absolute atomic E-state index is 0.884. The van der Waals surface area contributed by atoms with Gasteiger partial charge >= 0.3 is 0 Å². The van der Waals surface area contributed by atoms with Gasteiger partial charge in [-0.15, -0.1) is 0 Å². The van der Waals surface area contributed by atoms with Gasteiger partial charge in [0.25, 0.3) is 0 Å². The van der Waals surface area contributed by atoms with E-state index in [1.165, 1.54) is 50.6 Å². The maximum Gasteiger partial charge on any atom is 0.0521 e. The van der Waals surface area contributed by atoms with Gasteiger partial charge in [0, 0.05) is 13.2 Å². The molecule has 0 radical (unpaired) electrons. The molecule has 1 fully saturated rings. The molecule has 1 N–H and O–H groups in total. The van der Waals surface area contributed by atoms with Gasteiger partial charge in [-0.1, -0.05) is 26.7 Å². The average molecular weight is 277 g/mol. The first-order chi connectivity index (χ1) is 9.72. The average Bonchev–Trinajstić information content (AvgIpc) is 2.89. The number of rotatable bonds is 7. The summed E-state index contributed by atoms with van der Waals surface area (Å²) in [5.41, 5.74) is 1.40. The molecular weight excluding hydrogens is 246 g/mol. The molecule has 3 nitrogen and oxygen atoms in total. The molecule has 1 aliphatic carbocycles. The van der Waals surface area contributed by atoms with E-state index >= 15 is 0 Å². The summed E-state index contributed by atoms with van der Waals surface area (Å²) in [5, 5.41) is 7.85. The minimum atomic E-state index is 0.884. The van der Waals surface area contributed by atoms with Crippen molar-refractivity contribution in [1.29, 1.82) is 0 Å². The summed E-state index contributed by atoms with van der Waals surface area (Å²) >= 11 is 0. The summed E-state index contributed by atoms with van der Waals surface area (Å²) in [6.07, 6.45) is 12.4. The molecule has 20 heavy (non-hydrogen) atoms. The van der Waals surface area contributed by atoms with Crippen LogP contribution in [0.2, 0.25) is 0 Å². The monoisotopic (exact) mass is 277 g/mol. The largest absolute Gasteiger partial charge is 0.317 e. The maximum absolute atomic E-state index is 4.28. The van der Waals surface area contributed by atoms with Crippen LogP contribution in [-0.2, 0) is 13.5 Å². The van der Waals surface area contributed by atoms with E-state index in [4.69, 9.17) is 0 Å². The van der Waals surface area contributed by atoms with Crippen LogP contribution in [-0.4, -0.2) is 22.9 Å². The number of hydrogen-bond donors (Lipinski definition) is 1. The van der Waals surface area contributed by atoms with Crippen LogP contribution in [0.25, 0.3) is 0 Å². The Morgan fingerprint density at radius 2 is 2.15 bits per heavy atom. The fourth-order valence-corrected chi connectivity index (χ4v) is 3.70. The van der Waals surface area contributed by atoms with Crippen LogP contribution in [0.1, 0.15) is 51.5 Å². The van der Waals surface area contributed by atoms with Gasteiger partial charge in [-0.05, 0) is 62.1 Å². The molecule has 0 bridgehead atoms. The normalized spacial score (nSPS) is 26.9. The third-order valence-corrected chi connectivity index (χ3v) is 5.04. The second kappa shape index (κ2) is 7.82. The molecule has 1 saturated carbocycles. The number of aromatic nitrogens is 2. The molecule has 1 aromatic rings. The molecule has 1 aliphatic rings. The van der Waals surface area contributed by atoms with Gasteiger partial charge in [0.05, 0.1) is 6.20 Å². The van der Waals surface area contributed by atoms with E-state index < -0.39 is 0 Å². The van der Waals surface area contributed by atoms with Gasteiger partial charge in [0.2, 0.25) is 0 Å². The summed E-state index contributed by atoms with van der Waals surface area (Å²) in [7, 11) is 2.01. The van der Waals surface area contributed by atoms with Crippen molar-refractivity contribution in [2.75, 3.05) is 13.1 Å². The Labute approximate surface area is 124 Å². The van der Waals surface area contributed by atoms with E-state index in [0.29, 0.717) is 0 Å². The molecule has 0 aromatic carbocycles. The number of hydrogen-bond acceptors (Lipinski definition) is 2. The molecule has 0 saturated heterocycles. The van der Waals surface area contributed by atoms with E-state index in [2.05, 4.69) is 30.5 Å². The van der Waals surface area contributed by atoms with Crippen LogP contribution < -0.4 is 5.32 Å². The molecule has 3 unspecified atom stereocenters. The summed E-state index contributed by atoms with van der Waals surface area (Å²) in [6, 6.07) is 0. The highest BCUT2D eigenvalue weighted by Crippen LogP contribution is 2.37. The first-order valence-electron chi connectivity index (χ1n) is 8.41. The predicted octanol–water partition coefficient (Wildman–Crippen LogP) is 3.40. The van der Waals surface area contributed by atoms with E-state index in [-0.39, 0.29) is 0 Å². The number of nitrogens with zero attached hydrogens (tertiary/aromatic N) is 2. The van der Waals surface area contributed by atoms with Crippen LogP contribution in [0.4, 0.5) is 0 Å². The van der Waals surface area contributed by atoms with Gasteiger partial charge in [-0.25, -0.2) is 0 Å². The van der Waals surface area contributed by atoms with Crippen molar-refractivity contribution in [3.05, 3.63) is 18.0 Å². The second-order valence-electron chi connectivity index (χ2n) is 6.48. The Balaban J connectivity index is 1.88. The zero-order valence-electron chi connectivity index (χ0n) is 13.4. The third-order valence-electron chi connectivity index (χ3n) is 5.04. The van der Waals surface area contributed by atoms with Crippen LogP contribution in [0.3, 0.4) is 0 Å². The lowest BCUT2D eigenvalue weighted by Crippen LogP contribution is -2.33. The lowest BCUT2D eigenvalue weighted by atomic mass is 9.71. The summed E-state index contributed by atoms with van der Waals surface area (Å²) in [5.74, 6) is 2.74. The quantitative estimate of drug-likeness (QED) is 0.828. The molecule has 0 spiro atoms. The van der Waals surface area contributed by atoms with Crippen molar-refractivity contribution < 1.29 is 0 Å². The molecular formula is C17H31N3. The van der Waals surface area contributed by atoms with Crippen LogP contribution >= 0.6 is 0 Å². The summed E-state index contributed by atoms with van der Waals surface area (Å²) in [4.78, 5) is 0.